The molecule has 1 saturated heterocycles. The smallest absolute Gasteiger partial charge is 0.0764 e. The third kappa shape index (κ3) is 2.78. The predicted octanol–water partition coefficient (Wildman–Crippen LogP) is 4.68. The number of anilines is 2. The van der Waals surface area contributed by atoms with Crippen LogP contribution in [0.15, 0.2) is 36.4 Å². The largest absolute Gasteiger partial charge is 0.374 e. The molecule has 0 aromatic heterocycles. The highest BCUT2D eigenvalue weighted by molar-refractivity contribution is 6.31. The number of hydrogen-bond donors (Lipinski definition) is 2. The van der Waals surface area contributed by atoms with E-state index < -0.39 is 6.98 Å². The Morgan fingerprint density at radius 1 is 1.23 bits per heavy atom. The van der Waals surface area contributed by atoms with Crippen LogP contribution in [0.2, 0.25) is 5.02 Å². The second kappa shape index (κ2) is 6.17. The topological polar surface area (TPSA) is 27.3 Å². The lowest BCUT2D eigenvalue weighted by Crippen LogP contribution is -2.38. The fraction of sp³-hybridized carbons (Fsp3) is 0.455. The second-order valence-electron chi connectivity index (χ2n) is 8.25. The van der Waals surface area contributed by atoms with Gasteiger partial charge in [0.1, 0.15) is 0 Å². The first-order valence-electron chi connectivity index (χ1n) is 10.7. The van der Waals surface area contributed by atoms with E-state index in [2.05, 4.69) is 49.6 Å². The summed E-state index contributed by atoms with van der Waals surface area (Å²) in [6, 6.07) is 12.2. The Kier molecular flexibility index (Phi) is 3.41. The first kappa shape index (κ1) is 14.4. The second-order valence-corrected chi connectivity index (χ2v) is 8.66. The molecule has 1 atom stereocenters. The summed E-state index contributed by atoms with van der Waals surface area (Å²) in [6.07, 6.45) is 0.930. The van der Waals surface area contributed by atoms with Gasteiger partial charge in [0.05, 0.1) is 5.54 Å². The molecule has 3 nitrogen and oxygen atoms in total. The van der Waals surface area contributed by atoms with Gasteiger partial charge in [0.25, 0.3) is 0 Å². The van der Waals surface area contributed by atoms with E-state index in [0.29, 0.717) is 6.54 Å². The van der Waals surface area contributed by atoms with Crippen LogP contribution in [0, 0.1) is 6.92 Å². The average molecular weight is 373 g/mol. The van der Waals surface area contributed by atoms with E-state index in [1.807, 2.05) is 18.2 Å². The van der Waals surface area contributed by atoms with Crippen LogP contribution in [0.5, 0.6) is 0 Å². The van der Waals surface area contributed by atoms with Crippen LogP contribution < -0.4 is 15.5 Å². The van der Waals surface area contributed by atoms with Crippen molar-refractivity contribution in [3.8, 4) is 0 Å². The number of benzene rings is 2. The van der Waals surface area contributed by atoms with Crippen molar-refractivity contribution < 1.29 is 4.11 Å². The molecule has 4 rings (SSSR count). The van der Waals surface area contributed by atoms with Gasteiger partial charge in [0.2, 0.25) is 0 Å². The zero-order chi connectivity index (χ0) is 21.0. The molecule has 0 radical (unpaired) electrons. The molecular weight excluding hydrogens is 342 g/mol. The van der Waals surface area contributed by atoms with Crippen molar-refractivity contribution in [3.63, 3.8) is 0 Å². The highest BCUT2D eigenvalue weighted by atomic mass is 35.5. The Bertz CT molecular complexity index is 933. The normalized spacial score (nSPS) is 26.2. The zero-order valence-corrected chi connectivity index (χ0v) is 16.4. The van der Waals surface area contributed by atoms with Crippen molar-refractivity contribution in [2.24, 2.45) is 0 Å². The van der Waals surface area contributed by atoms with Gasteiger partial charge >= 0.3 is 0 Å². The summed E-state index contributed by atoms with van der Waals surface area (Å²) in [6.45, 7) is 6.30. The molecule has 2 heterocycles. The Morgan fingerprint density at radius 2 is 2.08 bits per heavy atom. The minimum absolute atomic E-state index is 0.196. The van der Waals surface area contributed by atoms with Crippen molar-refractivity contribution >= 4 is 23.0 Å². The van der Waals surface area contributed by atoms with Gasteiger partial charge in [0, 0.05) is 46.0 Å². The molecule has 2 aliphatic rings. The number of nitrogens with zero attached hydrogens (tertiary/aromatic N) is 1. The monoisotopic (exact) mass is 372 g/mol. The summed E-state index contributed by atoms with van der Waals surface area (Å²) in [4.78, 5) is 1.55. The third-order valence-electron chi connectivity index (χ3n) is 5.89. The van der Waals surface area contributed by atoms with E-state index in [4.69, 9.17) is 15.7 Å². The van der Waals surface area contributed by atoms with E-state index in [9.17, 15) is 0 Å². The summed E-state index contributed by atoms with van der Waals surface area (Å²) < 4.78 is 23.9. The Hall–Kier alpha value is -1.71. The molecule has 26 heavy (non-hydrogen) atoms. The van der Waals surface area contributed by atoms with Gasteiger partial charge in [-0.3, -0.25) is 0 Å². The first-order valence-corrected chi connectivity index (χ1v) is 9.58. The molecule has 138 valence electrons. The molecule has 2 aromatic carbocycles. The summed E-state index contributed by atoms with van der Waals surface area (Å²) in [7, 11) is 0. The lowest BCUT2D eigenvalue weighted by atomic mass is 9.85. The molecule has 2 aliphatic heterocycles. The fourth-order valence-corrected chi connectivity index (χ4v) is 4.64. The fourth-order valence-electron chi connectivity index (χ4n) is 4.47. The van der Waals surface area contributed by atoms with Crippen LogP contribution >= 0.6 is 11.6 Å². The van der Waals surface area contributed by atoms with Gasteiger partial charge in [-0.15, -0.1) is 0 Å². The highest BCUT2D eigenvalue weighted by Gasteiger charge is 2.38. The number of rotatable bonds is 3. The van der Waals surface area contributed by atoms with Crippen molar-refractivity contribution in [1.82, 2.24) is 5.32 Å². The van der Waals surface area contributed by atoms with Crippen LogP contribution in [-0.2, 0) is 11.0 Å². The van der Waals surface area contributed by atoms with Crippen LogP contribution in [0.25, 0.3) is 0 Å². The number of hydrogen-bond acceptors (Lipinski definition) is 3. The lowest BCUT2D eigenvalue weighted by molar-refractivity contribution is 0.539. The standard InChI is InChI=1S/C22H28ClN3/c1-15-17(6-5-7-19(15)23)22(10-11-24-13-22)25-16-8-9-18-20(12-16)26(4)14-21(18,2)3/h5-9,12,24-25H,10-11,13-14H2,1-4H3/t22-/m1/s1/i4D3. The average Bonchev–Trinajstić information content (AvgIpc) is 3.20. The summed E-state index contributed by atoms with van der Waals surface area (Å²) in [5.41, 5.74) is 4.60. The van der Waals surface area contributed by atoms with Gasteiger partial charge in [-0.1, -0.05) is 43.6 Å². The highest BCUT2D eigenvalue weighted by Crippen LogP contribution is 2.42. The van der Waals surface area contributed by atoms with Crippen LogP contribution in [0.4, 0.5) is 11.4 Å². The van der Waals surface area contributed by atoms with Gasteiger partial charge in [-0.25, -0.2) is 0 Å². The van der Waals surface area contributed by atoms with Gasteiger partial charge < -0.3 is 15.5 Å². The minimum Gasteiger partial charge on any atom is -0.374 e. The molecule has 0 aliphatic carbocycles. The maximum Gasteiger partial charge on any atom is 0.0764 e. The van der Waals surface area contributed by atoms with Crippen LogP contribution in [0.3, 0.4) is 0 Å². The molecule has 1 fully saturated rings. The Morgan fingerprint density at radius 3 is 2.81 bits per heavy atom. The van der Waals surface area contributed by atoms with Gasteiger partial charge in [-0.2, -0.15) is 0 Å². The van der Waals surface area contributed by atoms with Crippen molar-refractivity contribution in [3.05, 3.63) is 58.1 Å². The molecule has 0 unspecified atom stereocenters. The predicted molar refractivity (Wildman–Crippen MR) is 112 cm³/mol. The number of halogens is 1. The maximum atomic E-state index is 7.97. The van der Waals surface area contributed by atoms with Crippen molar-refractivity contribution in [1.29, 1.82) is 0 Å². The summed E-state index contributed by atoms with van der Waals surface area (Å²) >= 11 is 6.42. The summed E-state index contributed by atoms with van der Waals surface area (Å²) in [5.74, 6) is 0. The van der Waals surface area contributed by atoms with Gasteiger partial charge in [-0.05, 0) is 54.8 Å². The van der Waals surface area contributed by atoms with E-state index in [1.54, 1.807) is 4.90 Å². The molecule has 0 spiro atoms. The molecule has 2 N–H and O–H groups in total. The molecule has 0 amide bonds. The lowest BCUT2D eigenvalue weighted by Gasteiger charge is -2.33. The van der Waals surface area contributed by atoms with E-state index in [-0.39, 0.29) is 11.0 Å². The van der Waals surface area contributed by atoms with Gasteiger partial charge in [0.15, 0.2) is 0 Å². The van der Waals surface area contributed by atoms with Crippen molar-refractivity contribution in [2.75, 3.05) is 36.8 Å². The maximum absolute atomic E-state index is 7.97. The third-order valence-corrected chi connectivity index (χ3v) is 6.30. The van der Waals surface area contributed by atoms with Crippen molar-refractivity contribution in [2.45, 2.75) is 38.1 Å². The number of nitrogens with one attached hydrogen (secondary N) is 2. The van der Waals surface area contributed by atoms with E-state index >= 15 is 0 Å². The first-order chi connectivity index (χ1) is 13.5. The van der Waals surface area contributed by atoms with Crippen LogP contribution in [-0.4, -0.2) is 26.6 Å². The molecule has 0 bridgehead atoms. The van der Waals surface area contributed by atoms with Crippen LogP contribution in [0.1, 0.15) is 41.1 Å². The van der Waals surface area contributed by atoms with E-state index in [1.165, 1.54) is 5.56 Å². The Balaban J connectivity index is 1.75. The number of fused-ring (bicyclic) bond motifs is 1. The Labute approximate surface area is 166 Å². The molecule has 2 aromatic rings. The summed E-state index contributed by atoms with van der Waals surface area (Å²) in [5, 5.41) is 7.97. The zero-order valence-electron chi connectivity index (χ0n) is 18.6. The van der Waals surface area contributed by atoms with E-state index in [0.717, 1.165) is 47.0 Å². The SMILES string of the molecule is [2H]C([2H])([2H])N1CC(C)(C)c2ccc(N[C@]3(c4cccc(Cl)c4C)CCNC3)cc21. The molecule has 0 saturated carbocycles. The minimum atomic E-state index is -2.16. The molecular formula is C22H28ClN3. The quantitative estimate of drug-likeness (QED) is 0.819. The molecule has 4 heteroatoms. The number of likely N-dealkylation sites (N-methyl/N-ethyl adjacent to an activating group) is 1.